The fraction of sp³-hybridized carbons (Fsp3) is 0. The second-order valence-corrected chi connectivity index (χ2v) is 11.4. The molecule has 0 radical (unpaired) electrons. The Hall–Kier alpha value is -5.80. The van der Waals surface area contributed by atoms with Crippen LogP contribution in [0.4, 0.5) is 0 Å². The topological polar surface area (TPSA) is 30.7 Å². The van der Waals surface area contributed by atoms with Crippen LogP contribution in [-0.4, -0.2) is 14.5 Å². The molecule has 2 heterocycles. The van der Waals surface area contributed by atoms with E-state index < -0.39 is 0 Å². The quantitative estimate of drug-likeness (QED) is 0.163. The maximum atomic E-state index is 5.34. The van der Waals surface area contributed by atoms with Gasteiger partial charge in [0, 0.05) is 27.1 Å². The van der Waals surface area contributed by atoms with E-state index in [0.29, 0.717) is 5.95 Å². The third-order valence-electron chi connectivity index (χ3n) is 9.13. The van der Waals surface area contributed by atoms with Crippen molar-refractivity contribution in [1.29, 1.82) is 0 Å². The van der Waals surface area contributed by atoms with Crippen LogP contribution in [0.2, 0.25) is 0 Å². The molecule has 0 unspecified atom stereocenters. The van der Waals surface area contributed by atoms with E-state index in [1.807, 2.05) is 0 Å². The smallest absolute Gasteiger partial charge is 0.235 e. The first kappa shape index (κ1) is 22.8. The number of para-hydroxylation sites is 1. The lowest BCUT2D eigenvalue weighted by Crippen LogP contribution is -2.03. The van der Waals surface area contributed by atoms with Crippen molar-refractivity contribution >= 4 is 65.0 Å². The van der Waals surface area contributed by atoms with Gasteiger partial charge in [-0.25, -0.2) is 9.97 Å². The molecule has 0 aliphatic heterocycles. The van der Waals surface area contributed by atoms with E-state index in [1.54, 1.807) is 0 Å². The van der Waals surface area contributed by atoms with Gasteiger partial charge in [0.25, 0.3) is 0 Å². The Morgan fingerprint density at radius 1 is 0.372 bits per heavy atom. The Bertz CT molecular complexity index is 2650. The second-order valence-electron chi connectivity index (χ2n) is 11.4. The van der Waals surface area contributed by atoms with Gasteiger partial charge in [-0.1, -0.05) is 121 Å². The summed E-state index contributed by atoms with van der Waals surface area (Å²) in [5.41, 5.74) is 7.61. The highest BCUT2D eigenvalue weighted by atomic mass is 15.2. The van der Waals surface area contributed by atoms with Crippen LogP contribution in [0.15, 0.2) is 140 Å². The lowest BCUT2D eigenvalue weighted by molar-refractivity contribution is 1.01. The molecule has 3 heteroatoms. The van der Waals surface area contributed by atoms with Crippen LogP contribution >= 0.6 is 0 Å². The first-order valence-electron chi connectivity index (χ1n) is 14.7. The second kappa shape index (κ2) is 8.37. The predicted octanol–water partition coefficient (Wildman–Crippen LogP) is 10.4. The summed E-state index contributed by atoms with van der Waals surface area (Å²) < 4.78 is 2.27. The Kier molecular flexibility index (Phi) is 4.45. The van der Waals surface area contributed by atoms with Gasteiger partial charge in [-0.15, -0.1) is 0 Å². The van der Waals surface area contributed by atoms with Gasteiger partial charge in [0.15, 0.2) is 0 Å². The van der Waals surface area contributed by atoms with E-state index in [0.717, 1.165) is 33.2 Å². The van der Waals surface area contributed by atoms with E-state index in [1.165, 1.54) is 54.2 Å². The molecule has 0 bridgehead atoms. The Balaban J connectivity index is 1.29. The number of aromatic nitrogens is 3. The highest BCUT2D eigenvalue weighted by Crippen LogP contribution is 2.46. The highest BCUT2D eigenvalue weighted by Gasteiger charge is 2.23. The molecule has 0 N–H and O–H groups in total. The van der Waals surface area contributed by atoms with Gasteiger partial charge in [-0.05, 0) is 56.3 Å². The summed E-state index contributed by atoms with van der Waals surface area (Å²) >= 11 is 0. The van der Waals surface area contributed by atoms with Crippen molar-refractivity contribution in [3.05, 3.63) is 140 Å². The predicted molar refractivity (Wildman–Crippen MR) is 180 cm³/mol. The molecule has 0 spiro atoms. The lowest BCUT2D eigenvalue weighted by atomic mass is 9.89. The van der Waals surface area contributed by atoms with Crippen LogP contribution in [-0.2, 0) is 0 Å². The molecule has 43 heavy (non-hydrogen) atoms. The molecule has 0 fully saturated rings. The minimum Gasteiger partial charge on any atom is -0.278 e. The van der Waals surface area contributed by atoms with Gasteiger partial charge in [-0.3, -0.25) is 4.57 Å². The summed E-state index contributed by atoms with van der Waals surface area (Å²) in [6.45, 7) is 0. The van der Waals surface area contributed by atoms with E-state index in [-0.39, 0.29) is 0 Å². The third kappa shape index (κ3) is 3.08. The summed E-state index contributed by atoms with van der Waals surface area (Å²) in [6, 6.07) is 49.9. The summed E-state index contributed by atoms with van der Waals surface area (Å²) in [6.07, 6.45) is 0. The van der Waals surface area contributed by atoms with Crippen molar-refractivity contribution in [1.82, 2.24) is 14.5 Å². The largest absolute Gasteiger partial charge is 0.278 e. The van der Waals surface area contributed by atoms with Crippen LogP contribution < -0.4 is 0 Å². The van der Waals surface area contributed by atoms with Crippen LogP contribution in [0.5, 0.6) is 0 Å². The van der Waals surface area contributed by atoms with E-state index in [2.05, 4.69) is 144 Å². The Labute approximate surface area is 247 Å². The van der Waals surface area contributed by atoms with Crippen molar-refractivity contribution < 1.29 is 0 Å². The highest BCUT2D eigenvalue weighted by molar-refractivity contribution is 6.40. The SMILES string of the molecule is c1ccc(-c2ccc(-c3nc(-n4c5cccc6c7cccc8ccc9ccc4c(c9c87)c65)nc4ccccc34)cc2)cc1. The van der Waals surface area contributed by atoms with Gasteiger partial charge in [-0.2, -0.15) is 0 Å². The summed E-state index contributed by atoms with van der Waals surface area (Å²) in [7, 11) is 0. The monoisotopic (exact) mass is 545 g/mol. The average molecular weight is 546 g/mol. The van der Waals surface area contributed by atoms with Crippen molar-refractivity contribution in [2.75, 3.05) is 0 Å². The summed E-state index contributed by atoms with van der Waals surface area (Å²) in [5, 5.41) is 11.4. The van der Waals surface area contributed by atoms with Gasteiger partial charge < -0.3 is 0 Å². The maximum absolute atomic E-state index is 5.34. The van der Waals surface area contributed by atoms with Gasteiger partial charge in [0.2, 0.25) is 5.95 Å². The molecule has 0 saturated carbocycles. The molecule has 0 amide bonds. The van der Waals surface area contributed by atoms with Crippen LogP contribution in [0.3, 0.4) is 0 Å². The molecule has 0 atom stereocenters. The lowest BCUT2D eigenvalue weighted by Gasteiger charge is -2.13. The molecule has 198 valence electrons. The van der Waals surface area contributed by atoms with Crippen LogP contribution in [0, 0.1) is 0 Å². The van der Waals surface area contributed by atoms with Gasteiger partial charge in [0.1, 0.15) is 0 Å². The average Bonchev–Trinajstić information content (AvgIpc) is 3.43. The maximum Gasteiger partial charge on any atom is 0.235 e. The van der Waals surface area contributed by atoms with Crippen LogP contribution in [0.1, 0.15) is 0 Å². The number of hydrogen-bond donors (Lipinski definition) is 0. The fourth-order valence-electron chi connectivity index (χ4n) is 7.24. The number of fused-ring (bicyclic) bond motifs is 2. The fourth-order valence-corrected chi connectivity index (χ4v) is 7.24. The minimum atomic E-state index is 0.690. The molecule has 0 aliphatic carbocycles. The molecule has 0 aliphatic rings. The molecule has 0 saturated heterocycles. The number of benzene rings is 8. The molecule has 2 aromatic heterocycles. The van der Waals surface area contributed by atoms with Crippen molar-refractivity contribution in [3.8, 4) is 28.3 Å². The number of rotatable bonds is 3. The normalized spacial score (nSPS) is 12.2. The zero-order valence-electron chi connectivity index (χ0n) is 23.1. The standard InChI is InChI=1S/C40H23N3/c1-2-8-24(9-3-1)25-16-20-28(21-17-25)39-31-11-4-5-14-32(31)41-40(42-39)43-33-15-7-13-30-29-12-6-10-26-18-19-27-22-23-34(43)38(37(30)33)36(27)35(26)29/h1-23H. The molecule has 10 rings (SSSR count). The summed E-state index contributed by atoms with van der Waals surface area (Å²) in [5.74, 6) is 0.690. The summed E-state index contributed by atoms with van der Waals surface area (Å²) in [4.78, 5) is 10.5. The number of nitrogens with zero attached hydrogens (tertiary/aromatic N) is 3. The molecular weight excluding hydrogens is 522 g/mol. The first-order chi connectivity index (χ1) is 21.3. The van der Waals surface area contributed by atoms with Crippen molar-refractivity contribution in [2.45, 2.75) is 0 Å². The van der Waals surface area contributed by atoms with Crippen molar-refractivity contribution in [3.63, 3.8) is 0 Å². The molecule has 8 aromatic carbocycles. The zero-order chi connectivity index (χ0) is 28.1. The van der Waals surface area contributed by atoms with E-state index >= 15 is 0 Å². The van der Waals surface area contributed by atoms with Crippen LogP contribution in [0.25, 0.3) is 93.4 Å². The van der Waals surface area contributed by atoms with Crippen molar-refractivity contribution in [2.24, 2.45) is 0 Å². The molecular formula is C40H23N3. The Morgan fingerprint density at radius 2 is 1.00 bits per heavy atom. The zero-order valence-corrected chi connectivity index (χ0v) is 23.1. The Morgan fingerprint density at radius 3 is 1.86 bits per heavy atom. The minimum absolute atomic E-state index is 0.690. The molecule has 3 nitrogen and oxygen atoms in total. The van der Waals surface area contributed by atoms with E-state index in [9.17, 15) is 0 Å². The number of hydrogen-bond acceptors (Lipinski definition) is 2. The van der Waals surface area contributed by atoms with Gasteiger partial charge in [0.05, 0.1) is 22.2 Å². The molecule has 10 aromatic rings. The van der Waals surface area contributed by atoms with Gasteiger partial charge >= 0.3 is 0 Å². The van der Waals surface area contributed by atoms with E-state index in [4.69, 9.17) is 9.97 Å². The first-order valence-corrected chi connectivity index (χ1v) is 14.7. The third-order valence-corrected chi connectivity index (χ3v) is 9.13.